The minimum Gasteiger partial charge on any atom is -0.481 e. The van der Waals surface area contributed by atoms with Crippen LogP contribution in [0, 0.1) is 0 Å². The van der Waals surface area contributed by atoms with Gasteiger partial charge in [-0.05, 0) is 28.8 Å². The zero-order valence-electron chi connectivity index (χ0n) is 10.9. The van der Waals surface area contributed by atoms with Crippen LogP contribution in [-0.2, 0) is 29.2 Å². The Hall–Kier alpha value is -1.84. The van der Waals surface area contributed by atoms with Crippen LogP contribution in [0.1, 0.15) is 16.7 Å². The van der Waals surface area contributed by atoms with Crippen molar-refractivity contribution in [2.24, 2.45) is 0 Å². The summed E-state index contributed by atoms with van der Waals surface area (Å²) >= 11 is 5.90. The number of rotatable bonds is 6. The first-order valence-corrected chi connectivity index (χ1v) is 6.63. The first kappa shape index (κ1) is 14.6. The van der Waals surface area contributed by atoms with Crippen LogP contribution in [-0.4, -0.2) is 11.1 Å². The van der Waals surface area contributed by atoms with E-state index in [2.05, 4.69) is 0 Å². The molecule has 0 heterocycles. The summed E-state index contributed by atoms with van der Waals surface area (Å²) in [6.07, 6.45) is 0.0453. The van der Waals surface area contributed by atoms with Crippen LogP contribution in [0.2, 0.25) is 5.02 Å². The molecule has 0 unspecified atom stereocenters. The molecular weight excluding hydrogens is 276 g/mol. The molecule has 2 aromatic rings. The normalized spacial score (nSPS) is 10.4. The van der Waals surface area contributed by atoms with Crippen molar-refractivity contribution < 1.29 is 14.6 Å². The molecule has 0 aliphatic heterocycles. The van der Waals surface area contributed by atoms with Crippen LogP contribution in [0.25, 0.3) is 0 Å². The summed E-state index contributed by atoms with van der Waals surface area (Å²) in [5.41, 5.74) is 2.83. The molecule has 2 rings (SSSR count). The lowest BCUT2D eigenvalue weighted by molar-refractivity contribution is -0.136. The highest BCUT2D eigenvalue weighted by atomic mass is 35.5. The second-order valence-corrected chi connectivity index (χ2v) is 4.95. The Labute approximate surface area is 122 Å². The number of carbonyl (C=O) groups is 1. The summed E-state index contributed by atoms with van der Waals surface area (Å²) in [6.45, 7) is 0.983. The Bertz CT molecular complexity index is 579. The molecule has 3 nitrogen and oxygen atoms in total. The fraction of sp³-hybridized carbons (Fsp3) is 0.188. The second-order valence-electron chi connectivity index (χ2n) is 4.51. The van der Waals surface area contributed by atoms with E-state index in [0.29, 0.717) is 18.2 Å². The molecule has 20 heavy (non-hydrogen) atoms. The lowest BCUT2D eigenvalue weighted by Crippen LogP contribution is -2.00. The van der Waals surface area contributed by atoms with Gasteiger partial charge in [0.2, 0.25) is 0 Å². The molecule has 0 amide bonds. The molecule has 104 valence electrons. The number of hydrogen-bond donors (Lipinski definition) is 1. The summed E-state index contributed by atoms with van der Waals surface area (Å²) in [5.74, 6) is -0.824. The van der Waals surface area contributed by atoms with Gasteiger partial charge in [0.25, 0.3) is 0 Å². The van der Waals surface area contributed by atoms with E-state index in [-0.39, 0.29) is 6.42 Å². The standard InChI is InChI=1S/C16H15ClO3/c17-15-3-1-2-14(8-15)11-20-10-13-6-4-12(5-7-13)9-16(18)19/h1-8H,9-11H2,(H,18,19). The maximum Gasteiger partial charge on any atom is 0.307 e. The minimum atomic E-state index is -0.824. The molecule has 0 saturated heterocycles. The number of carboxylic acid groups (broad SMARTS) is 1. The maximum absolute atomic E-state index is 10.6. The van der Waals surface area contributed by atoms with Crippen molar-refractivity contribution >= 4 is 17.6 Å². The van der Waals surface area contributed by atoms with Gasteiger partial charge in [-0.1, -0.05) is 48.0 Å². The van der Waals surface area contributed by atoms with E-state index in [4.69, 9.17) is 21.4 Å². The fourth-order valence-electron chi connectivity index (χ4n) is 1.84. The van der Waals surface area contributed by atoms with Crippen molar-refractivity contribution in [1.29, 1.82) is 0 Å². The predicted molar refractivity (Wildman–Crippen MR) is 77.7 cm³/mol. The molecule has 0 radical (unpaired) electrons. The van der Waals surface area contributed by atoms with E-state index in [1.807, 2.05) is 48.5 Å². The van der Waals surface area contributed by atoms with Crippen LogP contribution < -0.4 is 0 Å². The van der Waals surface area contributed by atoms with Gasteiger partial charge in [-0.15, -0.1) is 0 Å². The van der Waals surface area contributed by atoms with E-state index >= 15 is 0 Å². The van der Waals surface area contributed by atoms with Crippen molar-refractivity contribution in [1.82, 2.24) is 0 Å². The van der Waals surface area contributed by atoms with E-state index < -0.39 is 5.97 Å². The van der Waals surface area contributed by atoms with Crippen molar-refractivity contribution in [3.05, 3.63) is 70.2 Å². The molecule has 0 atom stereocenters. The van der Waals surface area contributed by atoms with Crippen LogP contribution in [0.5, 0.6) is 0 Å². The van der Waals surface area contributed by atoms with Crippen molar-refractivity contribution in [2.75, 3.05) is 0 Å². The van der Waals surface area contributed by atoms with Crippen LogP contribution in [0.15, 0.2) is 48.5 Å². The first-order valence-electron chi connectivity index (χ1n) is 6.25. The van der Waals surface area contributed by atoms with Crippen molar-refractivity contribution in [2.45, 2.75) is 19.6 Å². The third-order valence-corrected chi connectivity index (χ3v) is 3.04. The molecule has 4 heteroatoms. The van der Waals surface area contributed by atoms with Gasteiger partial charge >= 0.3 is 5.97 Å². The molecule has 0 fully saturated rings. The summed E-state index contributed by atoms with van der Waals surface area (Å²) < 4.78 is 5.61. The maximum atomic E-state index is 10.6. The van der Waals surface area contributed by atoms with Crippen molar-refractivity contribution in [3.8, 4) is 0 Å². The van der Waals surface area contributed by atoms with Crippen molar-refractivity contribution in [3.63, 3.8) is 0 Å². The Morgan fingerprint density at radius 1 is 1.00 bits per heavy atom. The van der Waals surface area contributed by atoms with Gasteiger partial charge in [0, 0.05) is 5.02 Å². The zero-order valence-corrected chi connectivity index (χ0v) is 11.6. The Balaban J connectivity index is 1.83. The minimum absolute atomic E-state index is 0.0453. The molecule has 2 aromatic carbocycles. The quantitative estimate of drug-likeness (QED) is 0.882. The third-order valence-electron chi connectivity index (χ3n) is 2.80. The van der Waals surface area contributed by atoms with Gasteiger partial charge in [-0.2, -0.15) is 0 Å². The molecule has 0 bridgehead atoms. The number of benzene rings is 2. The summed E-state index contributed by atoms with van der Waals surface area (Å²) in [5, 5.41) is 9.39. The predicted octanol–water partition coefficient (Wildman–Crippen LogP) is 3.68. The monoisotopic (exact) mass is 290 g/mol. The molecule has 0 aliphatic rings. The number of aliphatic carboxylic acids is 1. The van der Waals surface area contributed by atoms with Gasteiger partial charge < -0.3 is 9.84 Å². The number of carboxylic acids is 1. The van der Waals surface area contributed by atoms with E-state index in [9.17, 15) is 4.79 Å². The fourth-order valence-corrected chi connectivity index (χ4v) is 2.05. The van der Waals surface area contributed by atoms with Gasteiger partial charge in [0.1, 0.15) is 0 Å². The van der Waals surface area contributed by atoms with Crippen LogP contribution in [0.3, 0.4) is 0 Å². The van der Waals surface area contributed by atoms with Gasteiger partial charge in [0.05, 0.1) is 19.6 Å². The molecule has 0 spiro atoms. The first-order chi connectivity index (χ1) is 9.63. The Morgan fingerprint density at radius 2 is 1.65 bits per heavy atom. The second kappa shape index (κ2) is 7.08. The SMILES string of the molecule is O=C(O)Cc1ccc(COCc2cccc(Cl)c2)cc1. The zero-order chi connectivity index (χ0) is 14.4. The molecule has 1 N–H and O–H groups in total. The molecule has 0 aliphatic carbocycles. The number of hydrogen-bond acceptors (Lipinski definition) is 2. The summed E-state index contributed by atoms with van der Waals surface area (Å²) in [6, 6.07) is 14.9. The smallest absolute Gasteiger partial charge is 0.307 e. The van der Waals surface area contributed by atoms with E-state index in [1.54, 1.807) is 0 Å². The summed E-state index contributed by atoms with van der Waals surface area (Å²) in [4.78, 5) is 10.6. The molecule has 0 saturated carbocycles. The van der Waals surface area contributed by atoms with Crippen LogP contribution >= 0.6 is 11.6 Å². The average Bonchev–Trinajstić information content (AvgIpc) is 2.40. The number of ether oxygens (including phenoxy) is 1. The lowest BCUT2D eigenvalue weighted by Gasteiger charge is -2.06. The third kappa shape index (κ3) is 4.68. The highest BCUT2D eigenvalue weighted by Crippen LogP contribution is 2.13. The Morgan fingerprint density at radius 3 is 2.30 bits per heavy atom. The van der Waals surface area contributed by atoms with E-state index in [0.717, 1.165) is 16.7 Å². The Kier molecular flexibility index (Phi) is 5.16. The lowest BCUT2D eigenvalue weighted by atomic mass is 10.1. The van der Waals surface area contributed by atoms with E-state index in [1.165, 1.54) is 0 Å². The average molecular weight is 291 g/mol. The van der Waals surface area contributed by atoms with Gasteiger partial charge in [0.15, 0.2) is 0 Å². The highest BCUT2D eigenvalue weighted by molar-refractivity contribution is 6.30. The molecular formula is C16H15ClO3. The van der Waals surface area contributed by atoms with Crippen LogP contribution in [0.4, 0.5) is 0 Å². The highest BCUT2D eigenvalue weighted by Gasteiger charge is 2.01. The largest absolute Gasteiger partial charge is 0.481 e. The summed E-state index contributed by atoms with van der Waals surface area (Å²) in [7, 11) is 0. The topological polar surface area (TPSA) is 46.5 Å². The molecule has 0 aromatic heterocycles. The van der Waals surface area contributed by atoms with Gasteiger partial charge in [-0.3, -0.25) is 4.79 Å². The van der Waals surface area contributed by atoms with Gasteiger partial charge in [-0.25, -0.2) is 0 Å². The number of halogens is 1.